The van der Waals surface area contributed by atoms with Gasteiger partial charge in [-0.3, -0.25) is 9.36 Å². The topological polar surface area (TPSA) is 58.7 Å². The quantitative estimate of drug-likeness (QED) is 0.855. The molecule has 124 valence electrons. The average Bonchev–Trinajstić information content (AvgIpc) is 2.88. The molecule has 0 spiro atoms. The molecule has 2 aromatic rings. The maximum Gasteiger partial charge on any atom is 0.419 e. The molecule has 0 atom stereocenters. The number of amides is 1. The van der Waals surface area contributed by atoms with E-state index in [-0.39, 0.29) is 17.6 Å². The molecule has 0 saturated carbocycles. The summed E-state index contributed by atoms with van der Waals surface area (Å²) in [4.78, 5) is 27.9. The minimum absolute atomic E-state index is 0.138. The van der Waals surface area contributed by atoms with E-state index in [1.807, 2.05) is 38.4 Å². The monoisotopic (exact) mass is 317 g/mol. The molecule has 0 unspecified atom stereocenters. The molecule has 23 heavy (non-hydrogen) atoms. The van der Waals surface area contributed by atoms with Crippen molar-refractivity contribution in [1.29, 1.82) is 0 Å². The molecule has 1 aliphatic heterocycles. The number of oxazole rings is 1. The van der Waals surface area contributed by atoms with Gasteiger partial charge in [0.05, 0.1) is 5.52 Å². The lowest BCUT2D eigenvalue weighted by atomic mass is 9.95. The second-order valence-electron chi connectivity index (χ2n) is 6.34. The Balaban J connectivity index is 1.58. The molecule has 1 saturated heterocycles. The van der Waals surface area contributed by atoms with Crippen molar-refractivity contribution in [2.24, 2.45) is 5.92 Å². The zero-order valence-corrected chi connectivity index (χ0v) is 13.7. The number of fused-ring (bicyclic) bond motifs is 1. The maximum absolute atomic E-state index is 12.0. The zero-order valence-electron chi connectivity index (χ0n) is 13.7. The van der Waals surface area contributed by atoms with Gasteiger partial charge in [0, 0.05) is 33.1 Å². The zero-order chi connectivity index (χ0) is 16.4. The van der Waals surface area contributed by atoms with E-state index in [1.54, 1.807) is 9.47 Å². The Kier molecular flexibility index (Phi) is 4.52. The summed E-state index contributed by atoms with van der Waals surface area (Å²) in [6.45, 7) is 3.21. The van der Waals surface area contributed by atoms with Gasteiger partial charge in [-0.05, 0) is 38.1 Å². The number of likely N-dealkylation sites (tertiary alicyclic amines) is 1. The first-order chi connectivity index (χ1) is 11.1. The summed E-state index contributed by atoms with van der Waals surface area (Å²) >= 11 is 0. The van der Waals surface area contributed by atoms with Crippen LogP contribution in [-0.2, 0) is 11.3 Å². The number of hydrogen-bond acceptors (Lipinski definition) is 4. The van der Waals surface area contributed by atoms with E-state index in [4.69, 9.17) is 4.42 Å². The summed E-state index contributed by atoms with van der Waals surface area (Å²) < 4.78 is 6.94. The number of carbonyl (C=O) groups excluding carboxylic acids is 1. The van der Waals surface area contributed by atoms with Crippen LogP contribution in [0.5, 0.6) is 0 Å². The van der Waals surface area contributed by atoms with Crippen LogP contribution in [0.25, 0.3) is 11.1 Å². The summed E-state index contributed by atoms with van der Waals surface area (Å²) in [5.41, 5.74) is 1.47. The molecule has 6 heteroatoms. The van der Waals surface area contributed by atoms with Crippen LogP contribution in [0, 0.1) is 5.92 Å². The lowest BCUT2D eigenvalue weighted by Crippen LogP contribution is -2.41. The van der Waals surface area contributed by atoms with Gasteiger partial charge in [0.1, 0.15) is 0 Å². The fraction of sp³-hybridized carbons (Fsp3) is 0.529. The SMILES string of the molecule is CN(C)C(=O)C1CCN(CCn2c(=O)oc3ccccc32)CC1. The van der Waals surface area contributed by atoms with Gasteiger partial charge in [-0.2, -0.15) is 0 Å². The summed E-state index contributed by atoms with van der Waals surface area (Å²) in [6, 6.07) is 7.49. The third-order valence-corrected chi connectivity index (χ3v) is 4.59. The van der Waals surface area contributed by atoms with E-state index in [0.717, 1.165) is 38.0 Å². The van der Waals surface area contributed by atoms with Gasteiger partial charge in [0.25, 0.3) is 0 Å². The largest absolute Gasteiger partial charge is 0.419 e. The Morgan fingerprint density at radius 1 is 1.22 bits per heavy atom. The van der Waals surface area contributed by atoms with Crippen LogP contribution in [0.4, 0.5) is 0 Å². The summed E-state index contributed by atoms with van der Waals surface area (Å²) in [5.74, 6) is 0.0595. The Hall–Kier alpha value is -2.08. The van der Waals surface area contributed by atoms with Crippen molar-refractivity contribution in [2.45, 2.75) is 19.4 Å². The van der Waals surface area contributed by atoms with Crippen LogP contribution in [0.3, 0.4) is 0 Å². The number of piperidine rings is 1. The Morgan fingerprint density at radius 3 is 2.61 bits per heavy atom. The molecule has 1 aromatic carbocycles. The lowest BCUT2D eigenvalue weighted by Gasteiger charge is -2.32. The fourth-order valence-corrected chi connectivity index (χ4v) is 3.24. The van der Waals surface area contributed by atoms with Crippen molar-refractivity contribution >= 4 is 17.0 Å². The van der Waals surface area contributed by atoms with Gasteiger partial charge in [-0.1, -0.05) is 12.1 Å². The first-order valence-corrected chi connectivity index (χ1v) is 8.08. The molecule has 6 nitrogen and oxygen atoms in total. The first-order valence-electron chi connectivity index (χ1n) is 8.08. The van der Waals surface area contributed by atoms with Crippen LogP contribution in [0.2, 0.25) is 0 Å². The van der Waals surface area contributed by atoms with E-state index >= 15 is 0 Å². The third-order valence-electron chi connectivity index (χ3n) is 4.59. The Labute approximate surface area is 135 Å². The van der Waals surface area contributed by atoms with E-state index in [0.29, 0.717) is 12.1 Å². The predicted octanol–water partition coefficient (Wildman–Crippen LogP) is 1.39. The number of nitrogens with zero attached hydrogens (tertiary/aromatic N) is 3. The summed E-state index contributed by atoms with van der Waals surface area (Å²) in [6.07, 6.45) is 1.77. The molecule has 3 rings (SSSR count). The number of aromatic nitrogens is 1. The molecule has 0 N–H and O–H groups in total. The molecule has 2 heterocycles. The van der Waals surface area contributed by atoms with Gasteiger partial charge in [-0.25, -0.2) is 4.79 Å². The van der Waals surface area contributed by atoms with Gasteiger partial charge < -0.3 is 14.2 Å². The lowest BCUT2D eigenvalue weighted by molar-refractivity contribution is -0.134. The number of benzene rings is 1. The predicted molar refractivity (Wildman–Crippen MR) is 88.3 cm³/mol. The number of para-hydroxylation sites is 2. The van der Waals surface area contributed by atoms with Crippen molar-refractivity contribution in [3.8, 4) is 0 Å². The molecule has 1 amide bonds. The Morgan fingerprint density at radius 2 is 1.91 bits per heavy atom. The molecular weight excluding hydrogens is 294 g/mol. The van der Waals surface area contributed by atoms with E-state index in [2.05, 4.69) is 4.90 Å². The smallest absolute Gasteiger partial charge is 0.408 e. The standard InChI is InChI=1S/C17H23N3O3/c1-18(2)16(21)13-7-9-19(10-8-13)11-12-20-14-5-3-4-6-15(14)23-17(20)22/h3-6,13H,7-12H2,1-2H3. The van der Waals surface area contributed by atoms with Crippen molar-refractivity contribution < 1.29 is 9.21 Å². The van der Waals surface area contributed by atoms with Crippen LogP contribution >= 0.6 is 0 Å². The van der Waals surface area contributed by atoms with E-state index in [9.17, 15) is 9.59 Å². The van der Waals surface area contributed by atoms with Crippen molar-refractivity contribution in [2.75, 3.05) is 33.7 Å². The normalized spacial score (nSPS) is 16.8. The maximum atomic E-state index is 12.0. The van der Waals surface area contributed by atoms with Crippen LogP contribution in [-0.4, -0.2) is 54.0 Å². The second-order valence-corrected chi connectivity index (χ2v) is 6.34. The first kappa shape index (κ1) is 15.8. The number of rotatable bonds is 4. The molecule has 0 radical (unpaired) electrons. The molecular formula is C17H23N3O3. The average molecular weight is 317 g/mol. The minimum Gasteiger partial charge on any atom is -0.408 e. The minimum atomic E-state index is -0.302. The molecule has 1 fully saturated rings. The van der Waals surface area contributed by atoms with Crippen LogP contribution in [0.15, 0.2) is 33.5 Å². The van der Waals surface area contributed by atoms with Gasteiger partial charge in [-0.15, -0.1) is 0 Å². The highest BCUT2D eigenvalue weighted by Crippen LogP contribution is 2.19. The molecule has 0 bridgehead atoms. The van der Waals surface area contributed by atoms with E-state index in [1.165, 1.54) is 0 Å². The third kappa shape index (κ3) is 3.32. The van der Waals surface area contributed by atoms with Crippen LogP contribution in [0.1, 0.15) is 12.8 Å². The van der Waals surface area contributed by atoms with Crippen LogP contribution < -0.4 is 5.76 Å². The number of carbonyl (C=O) groups is 1. The molecule has 0 aliphatic carbocycles. The molecule has 1 aliphatic rings. The van der Waals surface area contributed by atoms with Gasteiger partial charge in [0.2, 0.25) is 5.91 Å². The highest BCUT2D eigenvalue weighted by atomic mass is 16.4. The summed E-state index contributed by atoms with van der Waals surface area (Å²) in [5, 5.41) is 0. The summed E-state index contributed by atoms with van der Waals surface area (Å²) in [7, 11) is 3.62. The highest BCUT2D eigenvalue weighted by Gasteiger charge is 2.25. The number of hydrogen-bond donors (Lipinski definition) is 0. The Bertz CT molecular complexity index is 739. The highest BCUT2D eigenvalue weighted by molar-refractivity contribution is 5.78. The van der Waals surface area contributed by atoms with Crippen molar-refractivity contribution in [3.63, 3.8) is 0 Å². The van der Waals surface area contributed by atoms with Crippen molar-refractivity contribution in [3.05, 3.63) is 34.8 Å². The molecule has 1 aromatic heterocycles. The van der Waals surface area contributed by atoms with E-state index < -0.39 is 0 Å². The van der Waals surface area contributed by atoms with Gasteiger partial charge in [0.15, 0.2) is 5.58 Å². The van der Waals surface area contributed by atoms with Gasteiger partial charge >= 0.3 is 5.76 Å². The second kappa shape index (κ2) is 6.58. The van der Waals surface area contributed by atoms with Crippen molar-refractivity contribution in [1.82, 2.24) is 14.4 Å². The fourth-order valence-electron chi connectivity index (χ4n) is 3.24.